The molecule has 0 aliphatic heterocycles. The molecular formula is C64H51N5. The van der Waals surface area contributed by atoms with Crippen LogP contribution in [0.1, 0.15) is 74.1 Å². The van der Waals surface area contributed by atoms with E-state index in [0.717, 1.165) is 73.2 Å². The fourth-order valence-electron chi connectivity index (χ4n) is 14.1. The van der Waals surface area contributed by atoms with Gasteiger partial charge in [0.15, 0.2) is 23.2 Å². The van der Waals surface area contributed by atoms with Crippen LogP contribution in [0.4, 0.5) is 5.69 Å². The Balaban J connectivity index is 0.942. The standard InChI is InChI=1S/C64H51N5/c1-37(2)42-13-8-14-45(33-42)62-66-61(41-11-6-5-7-12-41)67-63(68-62)46-15-9-16-49(34-46)69-59-26-21-44(36-55(59)52-23-22-50-51(60(52)69)17-10-18-58(50)65-4)43-20-25-57-54(35-43)53-27-38(3)19-24-56(53)64(57)47-29-39-28-40(31-47)32-48(64)30-39/h5-27,33-37,39-40,47-48H,28-32H2,1-3H3. The second-order valence-electron chi connectivity index (χ2n) is 21.0. The van der Waals surface area contributed by atoms with Crippen molar-refractivity contribution in [3.05, 3.63) is 197 Å². The highest BCUT2D eigenvalue weighted by Crippen LogP contribution is 2.69. The monoisotopic (exact) mass is 889 g/mol. The maximum absolute atomic E-state index is 8.12. The molecule has 8 aromatic carbocycles. The third-order valence-electron chi connectivity index (χ3n) is 16.9. The summed E-state index contributed by atoms with van der Waals surface area (Å²) in [6, 6.07) is 59.7. The van der Waals surface area contributed by atoms with Crippen molar-refractivity contribution in [1.82, 2.24) is 19.5 Å². The summed E-state index contributed by atoms with van der Waals surface area (Å²) >= 11 is 0. The van der Waals surface area contributed by atoms with E-state index in [1.165, 1.54) is 70.9 Å². The van der Waals surface area contributed by atoms with Crippen molar-refractivity contribution in [2.24, 2.45) is 23.7 Å². The molecule has 15 rings (SSSR count). The highest BCUT2D eigenvalue weighted by Gasteiger charge is 2.61. The lowest BCUT2D eigenvalue weighted by atomic mass is 9.43. The topological polar surface area (TPSA) is 48.0 Å². The van der Waals surface area contributed by atoms with Crippen molar-refractivity contribution in [1.29, 1.82) is 0 Å². The van der Waals surface area contributed by atoms with Crippen LogP contribution in [0, 0.1) is 37.2 Å². The van der Waals surface area contributed by atoms with E-state index in [1.807, 2.05) is 30.3 Å². The fraction of sp³-hybridized carbons (Fsp3) is 0.219. The largest absolute Gasteiger partial charge is 0.309 e. The number of hydrogen-bond acceptors (Lipinski definition) is 3. The van der Waals surface area contributed by atoms with E-state index in [0.29, 0.717) is 29.1 Å². The van der Waals surface area contributed by atoms with Crippen molar-refractivity contribution in [2.45, 2.75) is 64.2 Å². The van der Waals surface area contributed by atoms with E-state index in [-0.39, 0.29) is 5.41 Å². The molecule has 0 unspecified atom stereocenters. The minimum absolute atomic E-state index is 0.145. The molecule has 0 atom stereocenters. The number of hydrogen-bond donors (Lipinski definition) is 0. The van der Waals surface area contributed by atoms with Gasteiger partial charge in [-0.1, -0.05) is 147 Å². The molecule has 5 aliphatic carbocycles. The van der Waals surface area contributed by atoms with Gasteiger partial charge >= 0.3 is 0 Å². The third-order valence-corrected chi connectivity index (χ3v) is 16.9. The number of benzene rings is 8. The molecule has 4 fully saturated rings. The summed E-state index contributed by atoms with van der Waals surface area (Å²) in [6.45, 7) is 14.8. The molecule has 332 valence electrons. The van der Waals surface area contributed by atoms with E-state index < -0.39 is 0 Å². The molecule has 0 amide bonds. The van der Waals surface area contributed by atoms with Gasteiger partial charge in [-0.05, 0) is 155 Å². The zero-order chi connectivity index (χ0) is 46.1. The van der Waals surface area contributed by atoms with Gasteiger partial charge in [0.25, 0.3) is 0 Å². The normalized spacial score (nSPS) is 20.9. The van der Waals surface area contributed by atoms with Gasteiger partial charge in [-0.2, -0.15) is 0 Å². The molecule has 4 bridgehead atoms. The van der Waals surface area contributed by atoms with Crippen LogP contribution in [0.3, 0.4) is 0 Å². The number of nitrogens with zero attached hydrogens (tertiary/aromatic N) is 5. The Kier molecular flexibility index (Phi) is 8.88. The van der Waals surface area contributed by atoms with Crippen LogP contribution in [0.25, 0.3) is 99.5 Å². The van der Waals surface area contributed by atoms with Crippen LogP contribution in [0.2, 0.25) is 0 Å². The van der Waals surface area contributed by atoms with Gasteiger partial charge in [-0.3, -0.25) is 0 Å². The summed E-state index contributed by atoms with van der Waals surface area (Å²) in [5.41, 5.74) is 17.9. The maximum Gasteiger partial charge on any atom is 0.194 e. The molecule has 4 saturated carbocycles. The number of aromatic nitrogens is 4. The highest BCUT2D eigenvalue weighted by molar-refractivity contribution is 6.21. The fourth-order valence-corrected chi connectivity index (χ4v) is 14.1. The average molecular weight is 890 g/mol. The molecule has 0 saturated heterocycles. The van der Waals surface area contributed by atoms with E-state index in [2.05, 4.69) is 164 Å². The van der Waals surface area contributed by atoms with E-state index in [9.17, 15) is 0 Å². The Morgan fingerprint density at radius 1 is 0.522 bits per heavy atom. The van der Waals surface area contributed by atoms with Crippen LogP contribution >= 0.6 is 0 Å². The SMILES string of the molecule is [C-]#[N+]c1cccc2c1ccc1c3cc(-c4ccc5c(c4)-c4cc(C)ccc4C54C5CC6CC(C5)CC4C6)ccc3n(-c3cccc(-c4nc(-c5ccccc5)nc(-c5cccc(C(C)C)c5)n4)c3)c21. The average Bonchev–Trinajstić information content (AvgIpc) is 3.87. The van der Waals surface area contributed by atoms with Gasteiger partial charge in [0.1, 0.15) is 0 Å². The zero-order valence-corrected chi connectivity index (χ0v) is 39.2. The quantitative estimate of drug-likeness (QED) is 0.156. The number of aryl methyl sites for hydroxylation is 1. The van der Waals surface area contributed by atoms with Crippen molar-refractivity contribution in [3.63, 3.8) is 0 Å². The number of fused-ring (bicyclic) bond motifs is 8. The van der Waals surface area contributed by atoms with Crippen LogP contribution in [0.5, 0.6) is 0 Å². The lowest BCUT2D eigenvalue weighted by molar-refractivity contribution is -0.0399. The summed E-state index contributed by atoms with van der Waals surface area (Å²) in [7, 11) is 0. The van der Waals surface area contributed by atoms with Crippen LogP contribution in [-0.4, -0.2) is 19.5 Å². The molecule has 5 heteroatoms. The first-order chi connectivity index (χ1) is 33.8. The smallest absolute Gasteiger partial charge is 0.194 e. The first-order valence-electron chi connectivity index (χ1n) is 25.0. The minimum Gasteiger partial charge on any atom is -0.309 e. The molecule has 0 radical (unpaired) electrons. The summed E-state index contributed by atoms with van der Waals surface area (Å²) in [4.78, 5) is 19.4. The predicted molar refractivity (Wildman–Crippen MR) is 282 cm³/mol. The van der Waals surface area contributed by atoms with Crippen molar-refractivity contribution < 1.29 is 0 Å². The Bertz CT molecular complexity index is 3780. The number of rotatable bonds is 6. The van der Waals surface area contributed by atoms with E-state index in [4.69, 9.17) is 21.5 Å². The summed E-state index contributed by atoms with van der Waals surface area (Å²) in [6.07, 6.45) is 7.00. The lowest BCUT2D eigenvalue weighted by Gasteiger charge is -2.61. The van der Waals surface area contributed by atoms with Crippen LogP contribution in [-0.2, 0) is 5.41 Å². The first-order valence-corrected chi connectivity index (χ1v) is 25.0. The molecule has 2 aromatic heterocycles. The van der Waals surface area contributed by atoms with Crippen LogP contribution < -0.4 is 0 Å². The minimum atomic E-state index is 0.145. The van der Waals surface area contributed by atoms with Gasteiger partial charge in [-0.15, -0.1) is 0 Å². The Hall–Kier alpha value is -7.68. The molecule has 5 aliphatic rings. The van der Waals surface area contributed by atoms with Crippen molar-refractivity contribution >= 4 is 38.3 Å². The molecule has 0 N–H and O–H groups in total. The Morgan fingerprint density at radius 2 is 1.13 bits per heavy atom. The third kappa shape index (κ3) is 6.04. The zero-order valence-electron chi connectivity index (χ0n) is 39.2. The summed E-state index contributed by atoms with van der Waals surface area (Å²) in [5, 5.41) is 4.33. The summed E-state index contributed by atoms with van der Waals surface area (Å²) < 4.78 is 2.39. The highest BCUT2D eigenvalue weighted by atomic mass is 15.0. The predicted octanol–water partition coefficient (Wildman–Crippen LogP) is 16.5. The molecule has 2 heterocycles. The van der Waals surface area contributed by atoms with Crippen LogP contribution in [0.15, 0.2) is 164 Å². The van der Waals surface area contributed by atoms with Gasteiger partial charge in [0.2, 0.25) is 0 Å². The van der Waals surface area contributed by atoms with E-state index >= 15 is 0 Å². The van der Waals surface area contributed by atoms with Crippen molar-refractivity contribution in [3.8, 4) is 62.1 Å². The molecular weight excluding hydrogens is 839 g/mol. The van der Waals surface area contributed by atoms with Gasteiger partial charge in [0, 0.05) is 38.6 Å². The first kappa shape index (κ1) is 40.4. The van der Waals surface area contributed by atoms with Crippen molar-refractivity contribution in [2.75, 3.05) is 0 Å². The Labute approximate surface area is 403 Å². The van der Waals surface area contributed by atoms with Gasteiger partial charge in [0.05, 0.1) is 17.6 Å². The second-order valence-corrected chi connectivity index (χ2v) is 21.0. The summed E-state index contributed by atoms with van der Waals surface area (Å²) in [5.74, 6) is 5.57. The van der Waals surface area contributed by atoms with Gasteiger partial charge in [-0.25, -0.2) is 19.8 Å². The molecule has 5 nitrogen and oxygen atoms in total. The maximum atomic E-state index is 8.12. The lowest BCUT2D eigenvalue weighted by Crippen LogP contribution is -2.55. The van der Waals surface area contributed by atoms with E-state index in [1.54, 1.807) is 11.1 Å². The molecule has 10 aromatic rings. The second kappa shape index (κ2) is 15.2. The van der Waals surface area contributed by atoms with Gasteiger partial charge < -0.3 is 4.57 Å². The molecule has 1 spiro atoms. The molecule has 69 heavy (non-hydrogen) atoms. The Morgan fingerprint density at radius 3 is 1.87 bits per heavy atom.